The van der Waals surface area contributed by atoms with Gasteiger partial charge < -0.3 is 10.2 Å². The molecule has 0 atom stereocenters. The summed E-state index contributed by atoms with van der Waals surface area (Å²) in [5.74, 6) is -1.52. The lowest BCUT2D eigenvalue weighted by Crippen LogP contribution is -2.02. The number of aromatic carboxylic acids is 1. The number of aromatic hydroxyl groups is 1. The molecule has 2 aromatic rings. The monoisotopic (exact) mass is 350 g/mol. The molecule has 2 rings (SSSR count). The fourth-order valence-electron chi connectivity index (χ4n) is 2.06. The van der Waals surface area contributed by atoms with E-state index in [9.17, 15) is 18.3 Å². The average molecular weight is 350 g/mol. The van der Waals surface area contributed by atoms with Crippen LogP contribution in [0.5, 0.6) is 5.75 Å². The van der Waals surface area contributed by atoms with E-state index >= 15 is 0 Å². The van der Waals surface area contributed by atoms with Crippen molar-refractivity contribution in [2.75, 3.05) is 0 Å². The molecule has 2 aromatic carbocycles. The first-order valence-electron chi connectivity index (χ1n) is 6.66. The van der Waals surface area contributed by atoms with Gasteiger partial charge in [-0.05, 0) is 49.2 Å². The number of carbonyl (C=O) groups is 1. The normalized spacial score (nSPS) is 11.8. The maximum atomic E-state index is 11.3. The predicted molar refractivity (Wildman–Crippen MR) is 85.0 cm³/mol. The van der Waals surface area contributed by atoms with Gasteiger partial charge in [0.15, 0.2) is 0 Å². The molecular formula is C15H14N2O6S. The van der Waals surface area contributed by atoms with Crippen molar-refractivity contribution < 1.29 is 28.0 Å². The van der Waals surface area contributed by atoms with Crippen LogP contribution in [0, 0.1) is 13.8 Å². The van der Waals surface area contributed by atoms with E-state index in [0.717, 1.165) is 23.8 Å². The Morgan fingerprint density at radius 3 is 2.25 bits per heavy atom. The van der Waals surface area contributed by atoms with E-state index in [1.165, 1.54) is 0 Å². The lowest BCUT2D eigenvalue weighted by molar-refractivity contribution is 0.0697. The fourth-order valence-corrected chi connectivity index (χ4v) is 2.56. The van der Waals surface area contributed by atoms with Gasteiger partial charge in [0, 0.05) is 0 Å². The highest BCUT2D eigenvalue weighted by molar-refractivity contribution is 7.85. The lowest BCUT2D eigenvalue weighted by Gasteiger charge is -2.05. The fraction of sp³-hybridized carbons (Fsp3) is 0.133. The summed E-state index contributed by atoms with van der Waals surface area (Å²) in [6.07, 6.45) is 0. The summed E-state index contributed by atoms with van der Waals surface area (Å²) in [4.78, 5) is 10.7. The highest BCUT2D eigenvalue weighted by Crippen LogP contribution is 2.33. The molecule has 0 radical (unpaired) electrons. The predicted octanol–water partition coefficient (Wildman–Crippen LogP) is 3.37. The summed E-state index contributed by atoms with van der Waals surface area (Å²) < 4.78 is 31.2. The molecule has 8 nitrogen and oxygen atoms in total. The van der Waals surface area contributed by atoms with Crippen LogP contribution in [0.3, 0.4) is 0 Å². The maximum Gasteiger partial charge on any atom is 0.338 e. The first-order valence-corrected chi connectivity index (χ1v) is 8.10. The van der Waals surface area contributed by atoms with Crippen LogP contribution >= 0.6 is 0 Å². The number of carboxylic acid groups (broad SMARTS) is 1. The van der Waals surface area contributed by atoms with E-state index in [-0.39, 0.29) is 17.1 Å². The van der Waals surface area contributed by atoms with Crippen LogP contribution in [0.15, 0.2) is 45.5 Å². The van der Waals surface area contributed by atoms with Crippen molar-refractivity contribution in [3.63, 3.8) is 0 Å². The van der Waals surface area contributed by atoms with Crippen LogP contribution in [0.4, 0.5) is 11.4 Å². The van der Waals surface area contributed by atoms with Crippen molar-refractivity contribution >= 4 is 27.5 Å². The molecule has 0 fully saturated rings. The van der Waals surface area contributed by atoms with Gasteiger partial charge in [-0.15, -0.1) is 10.2 Å². The van der Waals surface area contributed by atoms with Gasteiger partial charge in [0.1, 0.15) is 17.1 Å². The third-order valence-electron chi connectivity index (χ3n) is 3.19. The van der Waals surface area contributed by atoms with E-state index in [1.54, 1.807) is 26.0 Å². The molecule has 0 unspecified atom stereocenters. The number of hydrogen-bond donors (Lipinski definition) is 3. The summed E-state index contributed by atoms with van der Waals surface area (Å²) in [5.41, 5.74) is 1.01. The Kier molecular flexibility index (Phi) is 4.67. The smallest absolute Gasteiger partial charge is 0.338 e. The SMILES string of the molecule is Cc1cc(C)c(O)c(N=Nc2ccc(S(=O)(=O)O)cc2C(=O)O)c1. The van der Waals surface area contributed by atoms with Gasteiger partial charge in [-0.2, -0.15) is 8.42 Å². The van der Waals surface area contributed by atoms with Gasteiger partial charge in [-0.3, -0.25) is 4.55 Å². The molecule has 9 heteroatoms. The molecule has 0 aliphatic rings. The molecule has 0 aromatic heterocycles. The molecule has 0 spiro atoms. The lowest BCUT2D eigenvalue weighted by atomic mass is 10.1. The van der Waals surface area contributed by atoms with E-state index in [1.807, 2.05) is 0 Å². The first-order chi connectivity index (χ1) is 11.1. The number of phenols is 1. The number of phenolic OH excluding ortho intramolecular Hbond substituents is 1. The van der Waals surface area contributed by atoms with Crippen LogP contribution in [-0.4, -0.2) is 29.2 Å². The minimum absolute atomic E-state index is 0.0872. The topological polar surface area (TPSA) is 137 Å². The Labute approximate surface area is 137 Å². The Bertz CT molecular complexity index is 951. The molecule has 0 saturated carbocycles. The summed E-state index contributed by atoms with van der Waals surface area (Å²) in [7, 11) is -4.54. The molecule has 0 aliphatic carbocycles. The molecular weight excluding hydrogens is 336 g/mol. The molecule has 0 bridgehead atoms. The van der Waals surface area contributed by atoms with E-state index in [4.69, 9.17) is 9.66 Å². The van der Waals surface area contributed by atoms with Crippen LogP contribution in [0.2, 0.25) is 0 Å². The second kappa shape index (κ2) is 6.38. The molecule has 126 valence electrons. The summed E-state index contributed by atoms with van der Waals surface area (Å²) in [6.45, 7) is 3.49. The Morgan fingerprint density at radius 1 is 1.04 bits per heavy atom. The van der Waals surface area contributed by atoms with Gasteiger partial charge in [0.05, 0.1) is 10.5 Å². The minimum Gasteiger partial charge on any atom is -0.505 e. The number of hydrogen-bond acceptors (Lipinski definition) is 6. The number of carboxylic acids is 1. The van der Waals surface area contributed by atoms with E-state index in [2.05, 4.69) is 10.2 Å². The summed E-state index contributed by atoms with van der Waals surface area (Å²) in [6, 6.07) is 6.22. The van der Waals surface area contributed by atoms with E-state index < -0.39 is 26.5 Å². The molecule has 0 heterocycles. The molecule has 0 aliphatic heterocycles. The number of azo groups is 1. The first kappa shape index (κ1) is 17.6. The zero-order valence-electron chi connectivity index (χ0n) is 12.8. The number of benzene rings is 2. The number of aryl methyl sites for hydroxylation is 2. The minimum atomic E-state index is -4.54. The van der Waals surface area contributed by atoms with Crippen molar-refractivity contribution in [1.29, 1.82) is 0 Å². The van der Waals surface area contributed by atoms with Crippen molar-refractivity contribution in [3.05, 3.63) is 47.0 Å². The van der Waals surface area contributed by atoms with Crippen molar-refractivity contribution in [2.45, 2.75) is 18.7 Å². The molecule has 3 N–H and O–H groups in total. The summed E-state index contributed by atoms with van der Waals surface area (Å²) >= 11 is 0. The highest BCUT2D eigenvalue weighted by Gasteiger charge is 2.17. The largest absolute Gasteiger partial charge is 0.505 e. The van der Waals surface area contributed by atoms with Gasteiger partial charge in [-0.25, -0.2) is 4.79 Å². The molecule has 0 amide bonds. The Hall–Kier alpha value is -2.78. The van der Waals surface area contributed by atoms with Crippen molar-refractivity contribution in [3.8, 4) is 5.75 Å². The standard InChI is InChI=1S/C15H14N2O6S/c1-8-5-9(2)14(18)13(6-8)17-16-12-4-3-10(24(21,22)23)7-11(12)15(19)20/h3-7,18H,1-2H3,(H,19,20)(H,21,22,23). The van der Waals surface area contributed by atoms with Crippen molar-refractivity contribution in [1.82, 2.24) is 0 Å². The van der Waals surface area contributed by atoms with Gasteiger partial charge >= 0.3 is 5.97 Å². The van der Waals surface area contributed by atoms with Gasteiger partial charge in [-0.1, -0.05) is 6.07 Å². The van der Waals surface area contributed by atoms with Crippen molar-refractivity contribution in [2.24, 2.45) is 10.2 Å². The molecule has 0 saturated heterocycles. The van der Waals surface area contributed by atoms with Gasteiger partial charge in [0.2, 0.25) is 0 Å². The zero-order valence-corrected chi connectivity index (χ0v) is 13.6. The van der Waals surface area contributed by atoms with E-state index in [0.29, 0.717) is 5.56 Å². The second-order valence-electron chi connectivity index (χ2n) is 5.11. The Balaban J connectivity index is 2.52. The van der Waals surface area contributed by atoms with Gasteiger partial charge in [0.25, 0.3) is 10.1 Å². The van der Waals surface area contributed by atoms with Crippen LogP contribution in [-0.2, 0) is 10.1 Å². The maximum absolute atomic E-state index is 11.3. The number of nitrogens with zero attached hydrogens (tertiary/aromatic N) is 2. The summed E-state index contributed by atoms with van der Waals surface area (Å²) in [5, 5.41) is 26.7. The third-order valence-corrected chi connectivity index (χ3v) is 4.04. The Morgan fingerprint density at radius 2 is 1.67 bits per heavy atom. The second-order valence-corrected chi connectivity index (χ2v) is 6.53. The van der Waals surface area contributed by atoms with Crippen LogP contribution in [0.25, 0.3) is 0 Å². The number of rotatable bonds is 4. The van der Waals surface area contributed by atoms with Crippen LogP contribution < -0.4 is 0 Å². The quantitative estimate of drug-likeness (QED) is 0.571. The average Bonchev–Trinajstić information content (AvgIpc) is 2.48. The zero-order chi connectivity index (χ0) is 18.1. The van der Waals surface area contributed by atoms with Crippen LogP contribution in [0.1, 0.15) is 21.5 Å². The highest BCUT2D eigenvalue weighted by atomic mass is 32.2. The third kappa shape index (κ3) is 3.76. The molecule has 24 heavy (non-hydrogen) atoms.